The van der Waals surface area contributed by atoms with Gasteiger partial charge in [-0.05, 0) is 36.2 Å². The largest absolute Gasteiger partial charge is 0.457 e. The topological polar surface area (TPSA) is 9.23 Å². The quantitative estimate of drug-likeness (QED) is 0.620. The van der Waals surface area contributed by atoms with E-state index < -0.39 is 0 Å². The van der Waals surface area contributed by atoms with Gasteiger partial charge in [0.1, 0.15) is 11.5 Å². The third-order valence-electron chi connectivity index (χ3n) is 3.46. The molecule has 0 saturated heterocycles. The number of hydrogen-bond donors (Lipinski definition) is 0. The second-order valence-corrected chi connectivity index (χ2v) is 5.19. The van der Waals surface area contributed by atoms with Crippen LogP contribution in [0.3, 0.4) is 0 Å². The Morgan fingerprint density at radius 1 is 0.714 bits per heavy atom. The zero-order chi connectivity index (χ0) is 14.5. The van der Waals surface area contributed by atoms with Crippen LogP contribution >= 0.6 is 0 Å². The number of rotatable bonds is 4. The smallest absolute Gasteiger partial charge is 0.130 e. The van der Waals surface area contributed by atoms with Gasteiger partial charge in [0.25, 0.3) is 0 Å². The molecule has 3 aromatic carbocycles. The van der Waals surface area contributed by atoms with E-state index >= 15 is 0 Å². The maximum Gasteiger partial charge on any atom is 0.130 e. The van der Waals surface area contributed by atoms with Crippen molar-refractivity contribution in [2.45, 2.75) is 13.3 Å². The Morgan fingerprint density at radius 2 is 1.38 bits per heavy atom. The van der Waals surface area contributed by atoms with Gasteiger partial charge in [0.15, 0.2) is 0 Å². The maximum atomic E-state index is 6.04. The van der Waals surface area contributed by atoms with Gasteiger partial charge in [0.2, 0.25) is 0 Å². The Balaban J connectivity index is 1.84. The fraction of sp³-hybridized carbons (Fsp3) is 0.100. The highest BCUT2D eigenvalue weighted by atomic mass is 16.5. The maximum absolute atomic E-state index is 6.04. The van der Waals surface area contributed by atoms with Crippen molar-refractivity contribution in [2.75, 3.05) is 0 Å². The van der Waals surface area contributed by atoms with Crippen LogP contribution < -0.4 is 4.74 Å². The predicted octanol–water partition coefficient (Wildman–Crippen LogP) is 5.38. The molecule has 0 aromatic heterocycles. The SMILES string of the molecule is Cc1ccc(Oc2ccccc2Cc2ccccc2)cc1. The Bertz CT molecular complexity index is 699. The summed E-state index contributed by atoms with van der Waals surface area (Å²) in [7, 11) is 0. The first-order chi connectivity index (χ1) is 10.3. The number of benzene rings is 3. The lowest BCUT2D eigenvalue weighted by molar-refractivity contribution is 0.477. The van der Waals surface area contributed by atoms with E-state index in [1.54, 1.807) is 0 Å². The number of aryl methyl sites for hydroxylation is 1. The van der Waals surface area contributed by atoms with Crippen LogP contribution in [0.2, 0.25) is 0 Å². The molecule has 3 aromatic rings. The molecule has 0 aliphatic rings. The number of para-hydroxylation sites is 1. The Morgan fingerprint density at radius 3 is 2.14 bits per heavy atom. The van der Waals surface area contributed by atoms with Crippen LogP contribution in [0, 0.1) is 6.92 Å². The van der Waals surface area contributed by atoms with Crippen molar-refractivity contribution < 1.29 is 4.74 Å². The molecule has 0 fully saturated rings. The first-order valence-electron chi connectivity index (χ1n) is 7.17. The second-order valence-electron chi connectivity index (χ2n) is 5.19. The first kappa shape index (κ1) is 13.4. The van der Waals surface area contributed by atoms with Crippen molar-refractivity contribution >= 4 is 0 Å². The molecule has 0 aliphatic carbocycles. The second kappa shape index (κ2) is 6.27. The van der Waals surface area contributed by atoms with E-state index in [1.165, 1.54) is 16.7 Å². The molecule has 0 saturated carbocycles. The van der Waals surface area contributed by atoms with Gasteiger partial charge in [-0.2, -0.15) is 0 Å². The van der Waals surface area contributed by atoms with E-state index in [1.807, 2.05) is 30.3 Å². The molecule has 0 atom stereocenters. The Labute approximate surface area is 125 Å². The zero-order valence-corrected chi connectivity index (χ0v) is 12.1. The number of ether oxygens (including phenoxy) is 1. The van der Waals surface area contributed by atoms with E-state index in [0.29, 0.717) is 0 Å². The molecule has 0 radical (unpaired) electrons. The van der Waals surface area contributed by atoms with Crippen molar-refractivity contribution in [3.63, 3.8) is 0 Å². The van der Waals surface area contributed by atoms with Gasteiger partial charge in [-0.15, -0.1) is 0 Å². The summed E-state index contributed by atoms with van der Waals surface area (Å²) in [4.78, 5) is 0. The minimum absolute atomic E-state index is 0.876. The van der Waals surface area contributed by atoms with Crippen LogP contribution in [-0.2, 0) is 6.42 Å². The van der Waals surface area contributed by atoms with E-state index in [2.05, 4.69) is 55.5 Å². The van der Waals surface area contributed by atoms with Gasteiger partial charge in [-0.1, -0.05) is 66.2 Å². The molecule has 0 spiro atoms. The van der Waals surface area contributed by atoms with Crippen molar-refractivity contribution in [3.8, 4) is 11.5 Å². The molecular formula is C20H18O. The third-order valence-corrected chi connectivity index (χ3v) is 3.46. The molecular weight excluding hydrogens is 256 g/mol. The summed E-state index contributed by atoms with van der Waals surface area (Å²) in [6.45, 7) is 2.08. The van der Waals surface area contributed by atoms with Gasteiger partial charge >= 0.3 is 0 Å². The summed E-state index contributed by atoms with van der Waals surface area (Å²) in [6.07, 6.45) is 0.878. The van der Waals surface area contributed by atoms with Crippen LogP contribution in [0.5, 0.6) is 11.5 Å². The van der Waals surface area contributed by atoms with E-state index in [0.717, 1.165) is 17.9 Å². The molecule has 1 nitrogen and oxygen atoms in total. The van der Waals surface area contributed by atoms with E-state index in [4.69, 9.17) is 4.74 Å². The van der Waals surface area contributed by atoms with E-state index in [-0.39, 0.29) is 0 Å². The molecule has 0 amide bonds. The average Bonchev–Trinajstić information content (AvgIpc) is 2.52. The average molecular weight is 274 g/mol. The lowest BCUT2D eigenvalue weighted by atomic mass is 10.0. The molecule has 104 valence electrons. The Hall–Kier alpha value is -2.54. The van der Waals surface area contributed by atoms with Crippen LogP contribution in [-0.4, -0.2) is 0 Å². The third kappa shape index (κ3) is 3.51. The highest BCUT2D eigenvalue weighted by Gasteiger charge is 2.05. The normalized spacial score (nSPS) is 10.3. The predicted molar refractivity (Wildman–Crippen MR) is 86.9 cm³/mol. The fourth-order valence-corrected chi connectivity index (χ4v) is 2.30. The van der Waals surface area contributed by atoms with Crippen LogP contribution in [0.15, 0.2) is 78.9 Å². The van der Waals surface area contributed by atoms with Crippen molar-refractivity contribution in [2.24, 2.45) is 0 Å². The van der Waals surface area contributed by atoms with Crippen LogP contribution in [0.4, 0.5) is 0 Å². The number of hydrogen-bond acceptors (Lipinski definition) is 1. The van der Waals surface area contributed by atoms with Crippen molar-refractivity contribution in [3.05, 3.63) is 95.6 Å². The van der Waals surface area contributed by atoms with Crippen LogP contribution in [0.25, 0.3) is 0 Å². The molecule has 1 heteroatoms. The lowest BCUT2D eigenvalue weighted by Gasteiger charge is -2.11. The summed E-state index contributed by atoms with van der Waals surface area (Å²) in [5.41, 5.74) is 3.72. The van der Waals surface area contributed by atoms with Crippen LogP contribution in [0.1, 0.15) is 16.7 Å². The fourth-order valence-electron chi connectivity index (χ4n) is 2.30. The molecule has 21 heavy (non-hydrogen) atoms. The minimum Gasteiger partial charge on any atom is -0.457 e. The summed E-state index contributed by atoms with van der Waals surface area (Å²) >= 11 is 0. The lowest BCUT2D eigenvalue weighted by Crippen LogP contribution is -1.93. The summed E-state index contributed by atoms with van der Waals surface area (Å²) in [5.74, 6) is 1.80. The summed E-state index contributed by atoms with van der Waals surface area (Å²) in [5, 5.41) is 0. The summed E-state index contributed by atoms with van der Waals surface area (Å²) in [6, 6.07) is 26.8. The minimum atomic E-state index is 0.876. The first-order valence-corrected chi connectivity index (χ1v) is 7.17. The molecule has 0 N–H and O–H groups in total. The van der Waals surface area contributed by atoms with Gasteiger partial charge in [-0.25, -0.2) is 0 Å². The molecule has 0 bridgehead atoms. The standard InChI is InChI=1S/C20H18O/c1-16-11-13-19(14-12-16)21-20-10-6-5-9-18(20)15-17-7-3-2-4-8-17/h2-14H,15H2,1H3. The van der Waals surface area contributed by atoms with Crippen molar-refractivity contribution in [1.82, 2.24) is 0 Å². The molecule has 0 heterocycles. The van der Waals surface area contributed by atoms with Gasteiger partial charge in [0.05, 0.1) is 0 Å². The van der Waals surface area contributed by atoms with Crippen molar-refractivity contribution in [1.29, 1.82) is 0 Å². The van der Waals surface area contributed by atoms with E-state index in [9.17, 15) is 0 Å². The molecule has 3 rings (SSSR count). The van der Waals surface area contributed by atoms with Gasteiger partial charge in [0, 0.05) is 6.42 Å². The highest BCUT2D eigenvalue weighted by Crippen LogP contribution is 2.27. The van der Waals surface area contributed by atoms with Gasteiger partial charge in [-0.3, -0.25) is 0 Å². The monoisotopic (exact) mass is 274 g/mol. The summed E-state index contributed by atoms with van der Waals surface area (Å²) < 4.78 is 6.04. The molecule has 0 unspecified atom stereocenters. The molecule has 0 aliphatic heterocycles. The Kier molecular flexibility index (Phi) is 4.02. The zero-order valence-electron chi connectivity index (χ0n) is 12.1. The highest BCUT2D eigenvalue weighted by molar-refractivity contribution is 5.41. The van der Waals surface area contributed by atoms with Gasteiger partial charge < -0.3 is 4.74 Å².